The molecule has 1 heterocycles. The summed E-state index contributed by atoms with van der Waals surface area (Å²) in [5.74, 6) is 0.621. The molecule has 2 aromatic carbocycles. The summed E-state index contributed by atoms with van der Waals surface area (Å²) < 4.78 is 12.6. The molecule has 1 N–H and O–H groups in total. The fourth-order valence-corrected chi connectivity index (χ4v) is 2.52. The van der Waals surface area contributed by atoms with Gasteiger partial charge in [0.05, 0.1) is 18.3 Å². The first-order valence-electron chi connectivity index (χ1n) is 8.72. The Morgan fingerprint density at radius 2 is 1.89 bits per heavy atom. The molecule has 3 rings (SSSR count). The van der Waals surface area contributed by atoms with Gasteiger partial charge in [0, 0.05) is 0 Å². The van der Waals surface area contributed by atoms with Gasteiger partial charge in [0.1, 0.15) is 31.6 Å². The monoisotopic (exact) mass is 366 g/mol. The SMILES string of the molecule is CC(NC(=O)COCCOc1ccccc1)c1ccc(-n2cncn2)cc1. The molecule has 0 fully saturated rings. The summed E-state index contributed by atoms with van der Waals surface area (Å²) in [5.41, 5.74) is 1.91. The summed E-state index contributed by atoms with van der Waals surface area (Å²) in [7, 11) is 0. The Balaban J connectivity index is 1.37. The van der Waals surface area contributed by atoms with Crippen molar-refractivity contribution in [3.8, 4) is 11.4 Å². The first-order chi connectivity index (χ1) is 13.2. The molecule has 1 amide bonds. The van der Waals surface area contributed by atoms with Crippen LogP contribution in [0.2, 0.25) is 0 Å². The Labute approximate surface area is 158 Å². The lowest BCUT2D eigenvalue weighted by atomic mass is 10.1. The molecule has 3 aromatic rings. The van der Waals surface area contributed by atoms with E-state index in [0.29, 0.717) is 13.2 Å². The molecule has 27 heavy (non-hydrogen) atoms. The van der Waals surface area contributed by atoms with Crippen LogP contribution in [-0.2, 0) is 9.53 Å². The van der Waals surface area contributed by atoms with Crippen LogP contribution in [0.4, 0.5) is 0 Å². The van der Waals surface area contributed by atoms with Crippen molar-refractivity contribution >= 4 is 5.91 Å². The van der Waals surface area contributed by atoms with E-state index in [-0.39, 0.29) is 18.6 Å². The van der Waals surface area contributed by atoms with E-state index in [9.17, 15) is 4.79 Å². The molecule has 0 aliphatic heterocycles. The quantitative estimate of drug-likeness (QED) is 0.589. The van der Waals surface area contributed by atoms with Gasteiger partial charge in [-0.1, -0.05) is 30.3 Å². The van der Waals surface area contributed by atoms with E-state index >= 15 is 0 Å². The second-order valence-corrected chi connectivity index (χ2v) is 5.93. The third-order valence-electron chi connectivity index (χ3n) is 3.93. The molecule has 0 aliphatic rings. The van der Waals surface area contributed by atoms with Crippen molar-refractivity contribution in [2.24, 2.45) is 0 Å². The summed E-state index contributed by atoms with van der Waals surface area (Å²) in [6, 6.07) is 17.2. The van der Waals surface area contributed by atoms with Gasteiger partial charge in [0.25, 0.3) is 0 Å². The molecule has 1 atom stereocenters. The van der Waals surface area contributed by atoms with Gasteiger partial charge in [-0.2, -0.15) is 5.10 Å². The first-order valence-corrected chi connectivity index (χ1v) is 8.72. The summed E-state index contributed by atoms with van der Waals surface area (Å²) >= 11 is 0. The lowest BCUT2D eigenvalue weighted by Gasteiger charge is -2.15. The highest BCUT2D eigenvalue weighted by Gasteiger charge is 2.10. The predicted molar refractivity (Wildman–Crippen MR) is 101 cm³/mol. The normalized spacial score (nSPS) is 11.7. The maximum atomic E-state index is 12.0. The van der Waals surface area contributed by atoms with E-state index in [1.807, 2.05) is 61.5 Å². The van der Waals surface area contributed by atoms with E-state index in [1.165, 1.54) is 6.33 Å². The van der Waals surface area contributed by atoms with Crippen LogP contribution in [0.3, 0.4) is 0 Å². The molecule has 0 spiro atoms. The van der Waals surface area contributed by atoms with Gasteiger partial charge in [0.2, 0.25) is 5.91 Å². The highest BCUT2D eigenvalue weighted by molar-refractivity contribution is 5.77. The number of carbonyl (C=O) groups is 1. The summed E-state index contributed by atoms with van der Waals surface area (Å²) in [4.78, 5) is 15.9. The number of para-hydroxylation sites is 1. The Morgan fingerprint density at radius 3 is 2.59 bits per heavy atom. The van der Waals surface area contributed by atoms with Crippen molar-refractivity contribution in [3.05, 3.63) is 72.8 Å². The van der Waals surface area contributed by atoms with E-state index in [0.717, 1.165) is 17.0 Å². The second-order valence-electron chi connectivity index (χ2n) is 5.93. The summed E-state index contributed by atoms with van der Waals surface area (Å²) in [6.07, 6.45) is 3.13. The average Bonchev–Trinajstić information content (AvgIpc) is 3.23. The largest absolute Gasteiger partial charge is 0.491 e. The van der Waals surface area contributed by atoms with Crippen LogP contribution in [0, 0.1) is 0 Å². The van der Waals surface area contributed by atoms with E-state index in [1.54, 1.807) is 11.0 Å². The fourth-order valence-electron chi connectivity index (χ4n) is 2.52. The van der Waals surface area contributed by atoms with Crippen molar-refractivity contribution in [2.75, 3.05) is 19.8 Å². The van der Waals surface area contributed by atoms with E-state index in [4.69, 9.17) is 9.47 Å². The number of aromatic nitrogens is 3. The molecule has 0 radical (unpaired) electrons. The number of nitrogens with one attached hydrogen (secondary N) is 1. The second kappa shape index (κ2) is 9.49. The zero-order valence-electron chi connectivity index (χ0n) is 15.1. The molecule has 7 heteroatoms. The van der Waals surface area contributed by atoms with Crippen molar-refractivity contribution in [1.29, 1.82) is 0 Å². The molecule has 7 nitrogen and oxygen atoms in total. The predicted octanol–water partition coefficient (Wildman–Crippen LogP) is 2.54. The standard InChI is InChI=1S/C20H22N4O3/c1-16(17-7-9-18(10-8-17)24-15-21-14-22-24)23-20(25)13-26-11-12-27-19-5-3-2-4-6-19/h2-10,14-16H,11-13H2,1H3,(H,23,25). The number of rotatable bonds is 9. The van der Waals surface area contributed by atoms with Gasteiger partial charge in [-0.15, -0.1) is 0 Å². The molecule has 0 bridgehead atoms. The molecule has 1 aromatic heterocycles. The number of carbonyl (C=O) groups excluding carboxylic acids is 1. The van der Waals surface area contributed by atoms with Crippen LogP contribution in [0.15, 0.2) is 67.3 Å². The van der Waals surface area contributed by atoms with Crippen molar-refractivity contribution in [2.45, 2.75) is 13.0 Å². The summed E-state index contributed by atoms with van der Waals surface area (Å²) in [6.45, 7) is 2.68. The van der Waals surface area contributed by atoms with Crippen LogP contribution in [0.1, 0.15) is 18.5 Å². The van der Waals surface area contributed by atoms with Gasteiger partial charge < -0.3 is 14.8 Å². The van der Waals surface area contributed by atoms with Crippen LogP contribution in [-0.4, -0.2) is 40.5 Å². The minimum absolute atomic E-state index is 0.000466. The van der Waals surface area contributed by atoms with Gasteiger partial charge in [-0.3, -0.25) is 4.79 Å². The lowest BCUT2D eigenvalue weighted by molar-refractivity contribution is -0.126. The summed E-state index contributed by atoms with van der Waals surface area (Å²) in [5, 5.41) is 7.01. The van der Waals surface area contributed by atoms with Gasteiger partial charge in [-0.05, 0) is 36.8 Å². The van der Waals surface area contributed by atoms with E-state index < -0.39 is 0 Å². The third-order valence-corrected chi connectivity index (χ3v) is 3.93. The molecule has 1 unspecified atom stereocenters. The topological polar surface area (TPSA) is 78.3 Å². The number of hydrogen-bond acceptors (Lipinski definition) is 5. The highest BCUT2D eigenvalue weighted by atomic mass is 16.5. The Morgan fingerprint density at radius 1 is 1.11 bits per heavy atom. The van der Waals surface area contributed by atoms with E-state index in [2.05, 4.69) is 15.4 Å². The van der Waals surface area contributed by atoms with Gasteiger partial charge in [-0.25, -0.2) is 9.67 Å². The van der Waals surface area contributed by atoms with Crippen LogP contribution in [0.5, 0.6) is 5.75 Å². The van der Waals surface area contributed by atoms with Crippen molar-refractivity contribution in [1.82, 2.24) is 20.1 Å². The minimum Gasteiger partial charge on any atom is -0.491 e. The number of nitrogens with zero attached hydrogens (tertiary/aromatic N) is 3. The molecule has 0 saturated carbocycles. The lowest BCUT2D eigenvalue weighted by Crippen LogP contribution is -2.30. The number of ether oxygens (including phenoxy) is 2. The average molecular weight is 366 g/mol. The highest BCUT2D eigenvalue weighted by Crippen LogP contribution is 2.15. The third kappa shape index (κ3) is 5.65. The molecule has 0 saturated heterocycles. The van der Waals surface area contributed by atoms with Crippen LogP contribution >= 0.6 is 0 Å². The molecule has 140 valence electrons. The maximum absolute atomic E-state index is 12.0. The Kier molecular flexibility index (Phi) is 6.54. The molecule has 0 aliphatic carbocycles. The number of benzene rings is 2. The molecular weight excluding hydrogens is 344 g/mol. The number of hydrogen-bond donors (Lipinski definition) is 1. The van der Waals surface area contributed by atoms with Gasteiger partial charge >= 0.3 is 0 Å². The minimum atomic E-state index is -0.164. The Hall–Kier alpha value is -3.19. The zero-order chi connectivity index (χ0) is 18.9. The first kappa shape index (κ1) is 18.6. The number of amides is 1. The van der Waals surface area contributed by atoms with Gasteiger partial charge in [0.15, 0.2) is 0 Å². The van der Waals surface area contributed by atoms with Crippen LogP contribution in [0.25, 0.3) is 5.69 Å². The Bertz CT molecular complexity index is 820. The molecular formula is C20H22N4O3. The smallest absolute Gasteiger partial charge is 0.246 e. The van der Waals surface area contributed by atoms with Crippen molar-refractivity contribution < 1.29 is 14.3 Å². The van der Waals surface area contributed by atoms with Crippen molar-refractivity contribution in [3.63, 3.8) is 0 Å². The van der Waals surface area contributed by atoms with Crippen LogP contribution < -0.4 is 10.1 Å². The fraction of sp³-hybridized carbons (Fsp3) is 0.250. The maximum Gasteiger partial charge on any atom is 0.246 e. The zero-order valence-corrected chi connectivity index (χ0v) is 15.1.